The van der Waals surface area contributed by atoms with Gasteiger partial charge in [0.2, 0.25) is 0 Å². The second-order valence-corrected chi connectivity index (χ2v) is 4.83. The second kappa shape index (κ2) is 3.96. The molecule has 0 spiro atoms. The molecule has 1 N–H and O–H groups in total. The van der Waals surface area contributed by atoms with E-state index in [4.69, 9.17) is 16.3 Å². The minimum atomic E-state index is 0.338. The number of ether oxygens (including phenoxy) is 1. The molecule has 1 atom stereocenters. The van der Waals surface area contributed by atoms with Gasteiger partial charge in [-0.25, -0.2) is 0 Å². The first kappa shape index (κ1) is 9.46. The predicted octanol–water partition coefficient (Wildman–Crippen LogP) is 2.37. The van der Waals surface area contributed by atoms with Crippen LogP contribution in [0.15, 0.2) is 6.07 Å². The van der Waals surface area contributed by atoms with Crippen molar-refractivity contribution in [3.63, 3.8) is 0 Å². The number of morpholine rings is 1. The van der Waals surface area contributed by atoms with Crippen LogP contribution in [0.1, 0.15) is 15.8 Å². The van der Waals surface area contributed by atoms with Crippen LogP contribution in [0.2, 0.25) is 5.02 Å². The van der Waals surface area contributed by atoms with Gasteiger partial charge < -0.3 is 10.1 Å². The first-order valence-electron chi connectivity index (χ1n) is 4.34. The van der Waals surface area contributed by atoms with E-state index in [9.17, 15) is 0 Å². The van der Waals surface area contributed by atoms with E-state index in [2.05, 4.69) is 5.32 Å². The third-order valence-corrected chi connectivity index (χ3v) is 3.81. The van der Waals surface area contributed by atoms with Crippen LogP contribution in [0.25, 0.3) is 0 Å². The van der Waals surface area contributed by atoms with Crippen molar-refractivity contribution in [2.45, 2.75) is 13.0 Å². The van der Waals surface area contributed by atoms with Gasteiger partial charge in [-0.05, 0) is 13.0 Å². The zero-order chi connectivity index (χ0) is 9.26. The first-order chi connectivity index (χ1) is 6.27. The molecule has 1 aromatic heterocycles. The fourth-order valence-corrected chi connectivity index (χ4v) is 2.68. The molecule has 0 aromatic carbocycles. The van der Waals surface area contributed by atoms with Crippen LogP contribution in [0.3, 0.4) is 0 Å². The van der Waals surface area contributed by atoms with Crippen molar-refractivity contribution >= 4 is 22.9 Å². The summed E-state index contributed by atoms with van der Waals surface area (Å²) in [5.41, 5.74) is 0. The molecule has 1 unspecified atom stereocenters. The van der Waals surface area contributed by atoms with Crippen molar-refractivity contribution < 1.29 is 4.74 Å². The Bertz CT molecular complexity index is 274. The number of hydrogen-bond donors (Lipinski definition) is 1. The molecule has 1 aliphatic heterocycles. The van der Waals surface area contributed by atoms with E-state index >= 15 is 0 Å². The summed E-state index contributed by atoms with van der Waals surface area (Å²) >= 11 is 7.74. The molecule has 1 aromatic rings. The van der Waals surface area contributed by atoms with Gasteiger partial charge in [-0.2, -0.15) is 0 Å². The molecule has 1 fully saturated rings. The lowest BCUT2D eigenvalue weighted by molar-refractivity contribution is 0.0779. The summed E-state index contributed by atoms with van der Waals surface area (Å²) < 4.78 is 5.39. The molecule has 0 radical (unpaired) electrons. The standard InChI is InChI=1S/C9H12ClNOS/c1-6-7(10)4-9(13-6)8-5-12-3-2-11-8/h4,8,11H,2-3,5H2,1H3. The molecular formula is C9H12ClNOS. The topological polar surface area (TPSA) is 21.3 Å². The Morgan fingerprint density at radius 3 is 3.08 bits per heavy atom. The van der Waals surface area contributed by atoms with Crippen molar-refractivity contribution in [1.29, 1.82) is 0 Å². The van der Waals surface area contributed by atoms with Crippen LogP contribution in [0.5, 0.6) is 0 Å². The molecule has 1 saturated heterocycles. The van der Waals surface area contributed by atoms with Crippen molar-refractivity contribution in [2.24, 2.45) is 0 Å². The third kappa shape index (κ3) is 2.05. The van der Waals surface area contributed by atoms with Crippen LogP contribution in [0.4, 0.5) is 0 Å². The summed E-state index contributed by atoms with van der Waals surface area (Å²) in [6, 6.07) is 2.37. The fraction of sp³-hybridized carbons (Fsp3) is 0.556. The van der Waals surface area contributed by atoms with Crippen LogP contribution in [-0.4, -0.2) is 19.8 Å². The second-order valence-electron chi connectivity index (χ2n) is 3.13. The van der Waals surface area contributed by atoms with E-state index in [0.717, 1.165) is 24.8 Å². The molecule has 0 aliphatic carbocycles. The third-order valence-electron chi connectivity index (χ3n) is 2.14. The SMILES string of the molecule is Cc1sc(C2COCCN2)cc1Cl. The molecule has 2 rings (SSSR count). The predicted molar refractivity (Wildman–Crippen MR) is 55.6 cm³/mol. The molecule has 13 heavy (non-hydrogen) atoms. The molecule has 4 heteroatoms. The summed E-state index contributed by atoms with van der Waals surface area (Å²) in [4.78, 5) is 2.46. The van der Waals surface area contributed by atoms with Crippen LogP contribution in [-0.2, 0) is 4.74 Å². The molecule has 2 heterocycles. The van der Waals surface area contributed by atoms with Gasteiger partial charge in [0, 0.05) is 16.3 Å². The Morgan fingerprint density at radius 2 is 2.54 bits per heavy atom. The van der Waals surface area contributed by atoms with E-state index in [0.29, 0.717) is 6.04 Å². The molecule has 2 nitrogen and oxygen atoms in total. The Hall–Kier alpha value is -0.0900. The van der Waals surface area contributed by atoms with Crippen LogP contribution >= 0.6 is 22.9 Å². The minimum absolute atomic E-state index is 0.338. The monoisotopic (exact) mass is 217 g/mol. The van der Waals surface area contributed by atoms with Gasteiger partial charge >= 0.3 is 0 Å². The molecule has 0 amide bonds. The van der Waals surface area contributed by atoms with Crippen molar-refractivity contribution in [3.8, 4) is 0 Å². The summed E-state index contributed by atoms with van der Waals surface area (Å²) in [7, 11) is 0. The lowest BCUT2D eigenvalue weighted by Crippen LogP contribution is -2.33. The average molecular weight is 218 g/mol. The Morgan fingerprint density at radius 1 is 1.69 bits per heavy atom. The smallest absolute Gasteiger partial charge is 0.0670 e. The number of aryl methyl sites for hydroxylation is 1. The first-order valence-corrected chi connectivity index (χ1v) is 5.54. The molecular weight excluding hydrogens is 206 g/mol. The highest BCUT2D eigenvalue weighted by atomic mass is 35.5. The molecule has 0 bridgehead atoms. The number of hydrogen-bond acceptors (Lipinski definition) is 3. The maximum Gasteiger partial charge on any atom is 0.0670 e. The van der Waals surface area contributed by atoms with Gasteiger partial charge in [0.25, 0.3) is 0 Å². The number of halogens is 1. The lowest BCUT2D eigenvalue weighted by atomic mass is 10.2. The fourth-order valence-electron chi connectivity index (χ4n) is 1.40. The highest BCUT2D eigenvalue weighted by molar-refractivity contribution is 7.12. The summed E-state index contributed by atoms with van der Waals surface area (Å²) in [5, 5.41) is 4.27. The summed E-state index contributed by atoms with van der Waals surface area (Å²) in [5.74, 6) is 0. The lowest BCUT2D eigenvalue weighted by Gasteiger charge is -2.22. The summed E-state index contributed by atoms with van der Waals surface area (Å²) in [6.07, 6.45) is 0. The van der Waals surface area contributed by atoms with Crippen LogP contribution in [0, 0.1) is 6.92 Å². The van der Waals surface area contributed by atoms with Crippen molar-refractivity contribution in [2.75, 3.05) is 19.8 Å². The van der Waals surface area contributed by atoms with E-state index in [1.54, 1.807) is 11.3 Å². The van der Waals surface area contributed by atoms with Crippen molar-refractivity contribution in [3.05, 3.63) is 20.8 Å². The minimum Gasteiger partial charge on any atom is -0.378 e. The van der Waals surface area contributed by atoms with Crippen LogP contribution < -0.4 is 5.32 Å². The zero-order valence-corrected chi connectivity index (χ0v) is 9.04. The van der Waals surface area contributed by atoms with Gasteiger partial charge in [0.15, 0.2) is 0 Å². The zero-order valence-electron chi connectivity index (χ0n) is 7.47. The highest BCUT2D eigenvalue weighted by Crippen LogP contribution is 2.30. The van der Waals surface area contributed by atoms with E-state index in [1.165, 1.54) is 9.75 Å². The van der Waals surface area contributed by atoms with Gasteiger partial charge in [-0.3, -0.25) is 0 Å². The normalized spacial score (nSPS) is 23.4. The highest BCUT2D eigenvalue weighted by Gasteiger charge is 2.17. The number of nitrogens with one attached hydrogen (secondary N) is 1. The van der Waals surface area contributed by atoms with Gasteiger partial charge in [-0.1, -0.05) is 11.6 Å². The van der Waals surface area contributed by atoms with Gasteiger partial charge in [-0.15, -0.1) is 11.3 Å². The van der Waals surface area contributed by atoms with E-state index in [-0.39, 0.29) is 0 Å². The Labute approximate surface area is 86.9 Å². The summed E-state index contributed by atoms with van der Waals surface area (Å²) in [6.45, 7) is 4.55. The molecule has 0 saturated carbocycles. The number of thiophene rings is 1. The maximum absolute atomic E-state index is 5.99. The average Bonchev–Trinajstić information content (AvgIpc) is 2.49. The van der Waals surface area contributed by atoms with E-state index in [1.807, 2.05) is 13.0 Å². The molecule has 72 valence electrons. The Kier molecular flexibility index (Phi) is 2.89. The number of rotatable bonds is 1. The quantitative estimate of drug-likeness (QED) is 0.780. The largest absolute Gasteiger partial charge is 0.378 e. The maximum atomic E-state index is 5.99. The van der Waals surface area contributed by atoms with Crippen molar-refractivity contribution in [1.82, 2.24) is 5.32 Å². The van der Waals surface area contributed by atoms with Gasteiger partial charge in [0.1, 0.15) is 0 Å². The Balaban J connectivity index is 2.14. The molecule has 1 aliphatic rings. The van der Waals surface area contributed by atoms with E-state index < -0.39 is 0 Å². The van der Waals surface area contributed by atoms with Gasteiger partial charge in [0.05, 0.1) is 24.3 Å².